The number of carboxylic acids is 1. The topological polar surface area (TPSA) is 105 Å². The number of nitrogens with one attached hydrogen (secondary N) is 1. The van der Waals surface area contributed by atoms with Crippen LogP contribution in [0.1, 0.15) is 40.5 Å². The first-order valence-electron chi connectivity index (χ1n) is 14.5. The number of amides is 2. The first-order valence-corrected chi connectivity index (χ1v) is 14.5. The number of likely N-dealkylation sites (tertiary alicyclic amines) is 1. The number of aliphatic carboxylic acids is 1. The van der Waals surface area contributed by atoms with Crippen molar-refractivity contribution in [1.29, 1.82) is 0 Å². The van der Waals surface area contributed by atoms with Crippen LogP contribution in [-0.2, 0) is 14.3 Å². The summed E-state index contributed by atoms with van der Waals surface area (Å²) in [5, 5.41) is 12.6. The Morgan fingerprint density at radius 3 is 1.53 bits per heavy atom. The van der Waals surface area contributed by atoms with Crippen LogP contribution in [0.3, 0.4) is 0 Å². The molecule has 0 spiro atoms. The summed E-state index contributed by atoms with van der Waals surface area (Å²) in [6.07, 6.45) is -1.31. The summed E-state index contributed by atoms with van der Waals surface area (Å²) in [7, 11) is 0. The van der Waals surface area contributed by atoms with Crippen LogP contribution in [0.2, 0.25) is 0 Å². The Bertz CT molecular complexity index is 1640. The second-order valence-electron chi connectivity index (χ2n) is 11.2. The third-order valence-corrected chi connectivity index (χ3v) is 8.82. The maximum Gasteiger partial charge on any atom is 0.410 e. The number of hydrogen-bond acceptors (Lipinski definition) is 5. The molecule has 7 rings (SSSR count). The molecule has 0 bridgehead atoms. The highest BCUT2D eigenvalue weighted by Crippen LogP contribution is 2.45. The van der Waals surface area contributed by atoms with Gasteiger partial charge in [-0.05, 0) is 44.5 Å². The van der Waals surface area contributed by atoms with E-state index in [1.807, 2.05) is 72.8 Å². The Morgan fingerprint density at radius 1 is 0.674 bits per heavy atom. The average Bonchev–Trinajstić information content (AvgIpc) is 3.69. The van der Waals surface area contributed by atoms with Crippen LogP contribution in [0.25, 0.3) is 22.3 Å². The lowest BCUT2D eigenvalue weighted by atomic mass is 9.98. The van der Waals surface area contributed by atoms with Gasteiger partial charge in [-0.15, -0.1) is 0 Å². The number of hydrogen-bond donors (Lipinski definition) is 2. The predicted molar refractivity (Wildman–Crippen MR) is 160 cm³/mol. The summed E-state index contributed by atoms with van der Waals surface area (Å²) in [6.45, 7) is 0.239. The SMILES string of the molecule is O=C(N[C@H]1C[C@@H](C(=O)O)N(C(=O)OCC2c3ccccc3-c3ccccc32)C1)OCC1c2ccccc2-c2ccccc21. The van der Waals surface area contributed by atoms with Crippen LogP contribution in [0.4, 0.5) is 9.59 Å². The molecule has 2 amide bonds. The molecule has 8 heteroatoms. The van der Waals surface area contributed by atoms with Gasteiger partial charge in [0.15, 0.2) is 0 Å². The van der Waals surface area contributed by atoms with Gasteiger partial charge in [-0.25, -0.2) is 14.4 Å². The Balaban J connectivity index is 0.985. The minimum Gasteiger partial charge on any atom is -0.480 e. The Morgan fingerprint density at radius 2 is 1.09 bits per heavy atom. The van der Waals surface area contributed by atoms with Crippen LogP contribution in [0, 0.1) is 0 Å². The van der Waals surface area contributed by atoms with Gasteiger partial charge in [0.25, 0.3) is 0 Å². The molecule has 2 aliphatic carbocycles. The summed E-state index contributed by atoms with van der Waals surface area (Å²) in [4.78, 5) is 39.3. The van der Waals surface area contributed by atoms with Crippen molar-refractivity contribution in [1.82, 2.24) is 10.2 Å². The van der Waals surface area contributed by atoms with Crippen molar-refractivity contribution in [2.75, 3.05) is 19.8 Å². The zero-order valence-electron chi connectivity index (χ0n) is 23.3. The van der Waals surface area contributed by atoms with Gasteiger partial charge in [0, 0.05) is 24.8 Å². The second-order valence-corrected chi connectivity index (χ2v) is 11.2. The van der Waals surface area contributed by atoms with Gasteiger partial charge in [0.1, 0.15) is 19.3 Å². The maximum absolute atomic E-state index is 13.2. The zero-order chi connectivity index (χ0) is 29.5. The lowest BCUT2D eigenvalue weighted by Crippen LogP contribution is -2.42. The van der Waals surface area contributed by atoms with Crippen molar-refractivity contribution in [2.24, 2.45) is 0 Å². The van der Waals surface area contributed by atoms with E-state index >= 15 is 0 Å². The fourth-order valence-corrected chi connectivity index (χ4v) is 6.86. The van der Waals surface area contributed by atoms with Crippen molar-refractivity contribution in [3.63, 3.8) is 0 Å². The molecule has 3 aliphatic rings. The van der Waals surface area contributed by atoms with Crippen molar-refractivity contribution in [3.05, 3.63) is 119 Å². The fourth-order valence-electron chi connectivity index (χ4n) is 6.86. The number of carbonyl (C=O) groups excluding carboxylic acids is 2. The van der Waals surface area contributed by atoms with E-state index in [-0.39, 0.29) is 38.0 Å². The summed E-state index contributed by atoms with van der Waals surface area (Å²) in [5.41, 5.74) is 8.82. The molecule has 4 aromatic rings. The van der Waals surface area contributed by atoms with E-state index in [0.29, 0.717) is 0 Å². The molecule has 2 N–H and O–H groups in total. The minimum atomic E-state index is -1.15. The zero-order valence-corrected chi connectivity index (χ0v) is 23.3. The molecular weight excluding hydrogens is 544 g/mol. The van der Waals surface area contributed by atoms with E-state index in [2.05, 4.69) is 29.6 Å². The predicted octanol–water partition coefficient (Wildman–Crippen LogP) is 6.00. The standard InChI is InChI=1S/C35H30N2O6/c38-33(39)32-17-21(36-34(40)42-19-30-26-13-5-1-9-22(26)23-10-2-6-14-27(23)30)18-37(32)35(41)43-20-31-28-15-7-3-11-24(28)25-12-4-8-16-29(25)31/h1-16,21,30-32H,17-20H2,(H,36,40)(H,38,39)/t21-,32-/m0/s1. The molecular formula is C35H30N2O6. The van der Waals surface area contributed by atoms with Crippen molar-refractivity contribution >= 4 is 18.2 Å². The molecule has 2 atom stereocenters. The molecule has 43 heavy (non-hydrogen) atoms. The quantitative estimate of drug-likeness (QED) is 0.293. The summed E-state index contributed by atoms with van der Waals surface area (Å²) in [5.74, 6) is -1.38. The van der Waals surface area contributed by atoms with Gasteiger partial charge in [-0.2, -0.15) is 0 Å². The molecule has 216 valence electrons. The van der Waals surface area contributed by atoms with Crippen molar-refractivity contribution < 1.29 is 29.0 Å². The number of carboxylic acid groups (broad SMARTS) is 1. The monoisotopic (exact) mass is 574 g/mol. The summed E-state index contributed by atoms with van der Waals surface area (Å²) < 4.78 is 11.4. The number of ether oxygens (including phenoxy) is 2. The molecule has 1 heterocycles. The first-order chi connectivity index (χ1) is 21.0. The number of fused-ring (bicyclic) bond motifs is 6. The van der Waals surface area contributed by atoms with Gasteiger partial charge < -0.3 is 19.9 Å². The Labute approximate surface area is 248 Å². The van der Waals surface area contributed by atoms with E-state index in [4.69, 9.17) is 9.47 Å². The molecule has 4 aromatic carbocycles. The molecule has 1 aliphatic heterocycles. The number of benzene rings is 4. The molecule has 0 unspecified atom stereocenters. The van der Waals surface area contributed by atoms with Gasteiger partial charge >= 0.3 is 18.2 Å². The van der Waals surface area contributed by atoms with Crippen molar-refractivity contribution in [3.8, 4) is 22.3 Å². The molecule has 1 saturated heterocycles. The van der Waals surface area contributed by atoms with Gasteiger partial charge in [0.2, 0.25) is 0 Å². The lowest BCUT2D eigenvalue weighted by Gasteiger charge is -2.22. The number of rotatable bonds is 6. The lowest BCUT2D eigenvalue weighted by molar-refractivity contribution is -0.141. The second kappa shape index (κ2) is 10.9. The fraction of sp³-hybridized carbons (Fsp3) is 0.229. The number of nitrogens with zero attached hydrogens (tertiary/aromatic N) is 1. The third kappa shape index (κ3) is 4.78. The van der Waals surface area contributed by atoms with E-state index in [9.17, 15) is 19.5 Å². The van der Waals surface area contributed by atoms with Crippen LogP contribution in [-0.4, -0.2) is 60.0 Å². The molecule has 8 nitrogen and oxygen atoms in total. The third-order valence-electron chi connectivity index (χ3n) is 8.82. The molecule has 0 aromatic heterocycles. The average molecular weight is 575 g/mol. The largest absolute Gasteiger partial charge is 0.480 e. The van der Waals surface area contributed by atoms with Gasteiger partial charge in [-0.1, -0.05) is 97.1 Å². The summed E-state index contributed by atoms with van der Waals surface area (Å²) in [6, 6.07) is 30.5. The molecule has 1 fully saturated rings. The van der Waals surface area contributed by atoms with Crippen LogP contribution in [0.5, 0.6) is 0 Å². The maximum atomic E-state index is 13.2. The van der Waals surface area contributed by atoms with E-state index < -0.39 is 30.2 Å². The van der Waals surface area contributed by atoms with E-state index in [1.165, 1.54) is 4.90 Å². The van der Waals surface area contributed by atoms with Crippen molar-refractivity contribution in [2.45, 2.75) is 30.3 Å². The summed E-state index contributed by atoms with van der Waals surface area (Å²) >= 11 is 0. The Kier molecular flexibility index (Phi) is 6.81. The van der Waals surface area contributed by atoms with Crippen LogP contribution >= 0.6 is 0 Å². The highest BCUT2D eigenvalue weighted by Gasteiger charge is 2.42. The van der Waals surface area contributed by atoms with E-state index in [0.717, 1.165) is 44.5 Å². The molecule has 0 radical (unpaired) electrons. The van der Waals surface area contributed by atoms with Gasteiger partial charge in [0.05, 0.1) is 6.04 Å². The highest BCUT2D eigenvalue weighted by atomic mass is 16.6. The number of alkyl carbamates (subject to hydrolysis) is 1. The van der Waals surface area contributed by atoms with E-state index in [1.54, 1.807) is 0 Å². The normalized spacial score (nSPS) is 18.4. The van der Waals surface area contributed by atoms with Gasteiger partial charge in [-0.3, -0.25) is 4.90 Å². The first kappa shape index (κ1) is 26.8. The Hall–Kier alpha value is -5.11. The van der Waals surface area contributed by atoms with Crippen LogP contribution in [0.15, 0.2) is 97.1 Å². The number of carbonyl (C=O) groups is 3. The van der Waals surface area contributed by atoms with Crippen LogP contribution < -0.4 is 5.32 Å². The highest BCUT2D eigenvalue weighted by molar-refractivity contribution is 5.82. The minimum absolute atomic E-state index is 0.0117. The smallest absolute Gasteiger partial charge is 0.410 e. The molecule has 0 saturated carbocycles.